The molecule has 2 aliphatic rings. The maximum absolute atomic E-state index is 11.8. The molecule has 1 aromatic rings. The van der Waals surface area contributed by atoms with E-state index in [-0.39, 0.29) is 6.03 Å². The highest BCUT2D eigenvalue weighted by atomic mass is 16.2. The Kier molecular flexibility index (Phi) is 3.45. The minimum Gasteiger partial charge on any atom is -0.338 e. The molecule has 0 heterocycles. The lowest BCUT2D eigenvalue weighted by atomic mass is 9.89. The summed E-state index contributed by atoms with van der Waals surface area (Å²) in [6.07, 6.45) is 5.49. The van der Waals surface area contributed by atoms with Gasteiger partial charge in [-0.1, -0.05) is 24.1 Å². The predicted molar refractivity (Wildman–Crippen MR) is 77.1 cm³/mol. The number of nitrogens with one attached hydrogen (secondary N) is 2. The molecule has 0 radical (unpaired) electrons. The summed E-state index contributed by atoms with van der Waals surface area (Å²) in [5, 5.41) is 5.91. The molecule has 2 aliphatic carbocycles. The topological polar surface area (TPSA) is 41.1 Å². The number of rotatable bonds is 3. The van der Waals surface area contributed by atoms with E-state index >= 15 is 0 Å². The number of amides is 2. The quantitative estimate of drug-likeness (QED) is 0.855. The molecule has 2 fully saturated rings. The first kappa shape index (κ1) is 12.5. The Hall–Kier alpha value is -1.51. The number of hydrogen-bond acceptors (Lipinski definition) is 1. The highest BCUT2D eigenvalue weighted by molar-refractivity contribution is 5.89. The van der Waals surface area contributed by atoms with Gasteiger partial charge in [0, 0.05) is 12.2 Å². The van der Waals surface area contributed by atoms with Gasteiger partial charge in [0.2, 0.25) is 0 Å². The molecule has 3 nitrogen and oxygen atoms in total. The number of fused-ring (bicyclic) bond motifs is 2. The first-order valence-electron chi connectivity index (χ1n) is 7.32. The summed E-state index contributed by atoms with van der Waals surface area (Å²) < 4.78 is 0. The second kappa shape index (κ2) is 5.24. The fourth-order valence-electron chi connectivity index (χ4n) is 3.66. The van der Waals surface area contributed by atoms with Crippen molar-refractivity contribution in [1.82, 2.24) is 5.32 Å². The van der Waals surface area contributed by atoms with Crippen molar-refractivity contribution in [2.24, 2.45) is 17.8 Å². The van der Waals surface area contributed by atoms with Crippen LogP contribution in [0.5, 0.6) is 0 Å². The van der Waals surface area contributed by atoms with Crippen LogP contribution in [0.2, 0.25) is 0 Å². The fourth-order valence-corrected chi connectivity index (χ4v) is 3.66. The molecule has 0 aromatic heterocycles. The van der Waals surface area contributed by atoms with Gasteiger partial charge in [-0.25, -0.2) is 4.79 Å². The summed E-state index contributed by atoms with van der Waals surface area (Å²) in [5.74, 6) is 2.52. The molecule has 0 aliphatic heterocycles. The lowest BCUT2D eigenvalue weighted by Crippen LogP contribution is -2.34. The molecule has 19 heavy (non-hydrogen) atoms. The van der Waals surface area contributed by atoms with Crippen LogP contribution in [-0.2, 0) is 0 Å². The van der Waals surface area contributed by atoms with Gasteiger partial charge in [-0.2, -0.15) is 0 Å². The number of carbonyl (C=O) groups is 1. The van der Waals surface area contributed by atoms with Crippen LogP contribution in [0.25, 0.3) is 0 Å². The third-order valence-electron chi connectivity index (χ3n) is 4.72. The predicted octanol–water partition coefficient (Wildman–Crippen LogP) is 3.55. The van der Waals surface area contributed by atoms with Crippen LogP contribution in [0.1, 0.15) is 31.2 Å². The molecule has 0 spiro atoms. The molecule has 3 heteroatoms. The average molecular weight is 258 g/mol. The van der Waals surface area contributed by atoms with Crippen LogP contribution < -0.4 is 10.6 Å². The van der Waals surface area contributed by atoms with Gasteiger partial charge >= 0.3 is 6.03 Å². The van der Waals surface area contributed by atoms with E-state index in [9.17, 15) is 4.79 Å². The molecule has 2 saturated carbocycles. The van der Waals surface area contributed by atoms with Crippen LogP contribution in [0.15, 0.2) is 24.3 Å². The summed E-state index contributed by atoms with van der Waals surface area (Å²) in [6.45, 7) is 2.87. The Morgan fingerprint density at radius 3 is 2.63 bits per heavy atom. The fraction of sp³-hybridized carbons (Fsp3) is 0.562. The molecule has 2 amide bonds. The third-order valence-corrected chi connectivity index (χ3v) is 4.72. The maximum atomic E-state index is 11.8. The van der Waals surface area contributed by atoms with Gasteiger partial charge in [-0.05, 0) is 56.1 Å². The number of benzene rings is 1. The second-order valence-corrected chi connectivity index (χ2v) is 6.14. The summed E-state index contributed by atoms with van der Waals surface area (Å²) in [4.78, 5) is 11.8. The van der Waals surface area contributed by atoms with Crippen molar-refractivity contribution in [3.8, 4) is 0 Å². The Bertz CT molecular complexity index is 454. The number of urea groups is 1. The van der Waals surface area contributed by atoms with Gasteiger partial charge in [0.15, 0.2) is 0 Å². The largest absolute Gasteiger partial charge is 0.338 e. The lowest BCUT2D eigenvalue weighted by Gasteiger charge is -2.21. The smallest absolute Gasteiger partial charge is 0.319 e. The molecular weight excluding hydrogens is 236 g/mol. The van der Waals surface area contributed by atoms with Gasteiger partial charge in [-0.3, -0.25) is 0 Å². The average Bonchev–Trinajstić information content (AvgIpc) is 3.01. The first-order chi connectivity index (χ1) is 9.20. The highest BCUT2D eigenvalue weighted by Crippen LogP contribution is 2.47. The molecule has 102 valence electrons. The van der Waals surface area contributed by atoms with Gasteiger partial charge in [0.25, 0.3) is 0 Å². The lowest BCUT2D eigenvalue weighted by molar-refractivity contribution is 0.245. The van der Waals surface area contributed by atoms with Crippen LogP contribution in [0.3, 0.4) is 0 Å². The van der Waals surface area contributed by atoms with E-state index in [0.717, 1.165) is 24.1 Å². The zero-order valence-electron chi connectivity index (χ0n) is 11.5. The Labute approximate surface area is 114 Å². The van der Waals surface area contributed by atoms with E-state index < -0.39 is 0 Å². The van der Waals surface area contributed by atoms with Crippen molar-refractivity contribution in [1.29, 1.82) is 0 Å². The van der Waals surface area contributed by atoms with E-state index in [2.05, 4.69) is 10.6 Å². The standard InChI is InChI=1S/C16H22N2O/c1-11-2-6-15(7-3-11)18-16(19)17-10-14-9-12-4-5-13(14)8-12/h2-3,6-7,12-14H,4-5,8-10H2,1H3,(H2,17,18,19)/t12-,13-,14-/m1/s1. The van der Waals surface area contributed by atoms with Gasteiger partial charge in [0.1, 0.15) is 0 Å². The number of anilines is 1. The van der Waals surface area contributed by atoms with Crippen LogP contribution in [0, 0.1) is 24.7 Å². The van der Waals surface area contributed by atoms with Crippen molar-refractivity contribution >= 4 is 11.7 Å². The first-order valence-corrected chi connectivity index (χ1v) is 7.32. The summed E-state index contributed by atoms with van der Waals surface area (Å²) >= 11 is 0. The van der Waals surface area contributed by atoms with Crippen molar-refractivity contribution in [3.05, 3.63) is 29.8 Å². The van der Waals surface area contributed by atoms with Gasteiger partial charge < -0.3 is 10.6 Å². The SMILES string of the molecule is Cc1ccc(NC(=O)NC[C@H]2C[C@@H]3CC[C@@H]2C3)cc1. The molecule has 0 unspecified atom stereocenters. The summed E-state index contributed by atoms with van der Waals surface area (Å²) in [5.41, 5.74) is 2.06. The highest BCUT2D eigenvalue weighted by Gasteiger charge is 2.39. The van der Waals surface area contributed by atoms with Crippen LogP contribution in [0.4, 0.5) is 10.5 Å². The van der Waals surface area contributed by atoms with Crippen molar-refractivity contribution < 1.29 is 4.79 Å². The minimum absolute atomic E-state index is 0.0772. The molecule has 2 N–H and O–H groups in total. The third kappa shape index (κ3) is 2.91. The van der Waals surface area contributed by atoms with E-state index in [4.69, 9.17) is 0 Å². The van der Waals surface area contributed by atoms with Gasteiger partial charge in [0.05, 0.1) is 0 Å². The Morgan fingerprint density at radius 2 is 2.00 bits per heavy atom. The van der Waals surface area contributed by atoms with Crippen molar-refractivity contribution in [2.45, 2.75) is 32.6 Å². The van der Waals surface area contributed by atoms with Crippen LogP contribution in [-0.4, -0.2) is 12.6 Å². The van der Waals surface area contributed by atoms with E-state index in [1.165, 1.54) is 31.2 Å². The normalized spacial score (nSPS) is 28.4. The molecule has 0 saturated heterocycles. The number of hydrogen-bond donors (Lipinski definition) is 2. The number of aryl methyl sites for hydroxylation is 1. The molecule has 3 rings (SSSR count). The summed E-state index contributed by atoms with van der Waals surface area (Å²) in [7, 11) is 0. The second-order valence-electron chi connectivity index (χ2n) is 6.14. The van der Waals surface area contributed by atoms with E-state index in [0.29, 0.717) is 5.92 Å². The van der Waals surface area contributed by atoms with Crippen molar-refractivity contribution in [2.75, 3.05) is 11.9 Å². The van der Waals surface area contributed by atoms with E-state index in [1.54, 1.807) is 0 Å². The Balaban J connectivity index is 1.45. The van der Waals surface area contributed by atoms with Crippen molar-refractivity contribution in [3.63, 3.8) is 0 Å². The van der Waals surface area contributed by atoms with Gasteiger partial charge in [-0.15, -0.1) is 0 Å². The summed E-state index contributed by atoms with van der Waals surface area (Å²) in [6, 6.07) is 7.81. The zero-order chi connectivity index (χ0) is 13.2. The molecular formula is C16H22N2O. The van der Waals surface area contributed by atoms with E-state index in [1.807, 2.05) is 31.2 Å². The zero-order valence-corrected chi connectivity index (χ0v) is 11.5. The minimum atomic E-state index is -0.0772. The van der Waals surface area contributed by atoms with Crippen LogP contribution >= 0.6 is 0 Å². The maximum Gasteiger partial charge on any atom is 0.319 e. The molecule has 1 aromatic carbocycles. The molecule has 3 atom stereocenters. The monoisotopic (exact) mass is 258 g/mol. The molecule has 2 bridgehead atoms. The number of carbonyl (C=O) groups excluding carboxylic acids is 1. The Morgan fingerprint density at radius 1 is 1.21 bits per heavy atom.